The van der Waals surface area contributed by atoms with Gasteiger partial charge in [-0.1, -0.05) is 31.7 Å². The van der Waals surface area contributed by atoms with Crippen LogP contribution < -0.4 is 0 Å². The average Bonchev–Trinajstić information content (AvgIpc) is 1.95. The van der Waals surface area contributed by atoms with E-state index in [1.54, 1.807) is 0 Å². The van der Waals surface area contributed by atoms with E-state index in [-0.39, 0.29) is 0 Å². The van der Waals surface area contributed by atoms with Crippen LogP contribution in [0.15, 0.2) is 23.1 Å². The van der Waals surface area contributed by atoms with Crippen LogP contribution in [0.2, 0.25) is 0 Å². The molecule has 0 aromatic heterocycles. The Morgan fingerprint density at radius 1 is 1.40 bits per heavy atom. The molecule has 53 valence electrons. The first-order valence-electron chi connectivity index (χ1n) is 3.50. The summed E-state index contributed by atoms with van der Waals surface area (Å²) in [5.41, 5.74) is 2.58. The highest BCUT2D eigenvalue weighted by atomic mass is 32.1. The third kappa shape index (κ3) is 1.48. The van der Waals surface area contributed by atoms with Crippen molar-refractivity contribution in [1.82, 2.24) is 0 Å². The van der Waals surface area contributed by atoms with Crippen molar-refractivity contribution in [2.75, 3.05) is 0 Å². The Bertz CT molecular complexity index is 228. The monoisotopic (exact) mass is 151 g/mol. The van der Waals surface area contributed by atoms with E-state index in [1.165, 1.54) is 11.1 Å². The molecule has 0 N–H and O–H groups in total. The topological polar surface area (TPSA) is 0 Å². The highest BCUT2D eigenvalue weighted by Gasteiger charge is 1.93. The summed E-state index contributed by atoms with van der Waals surface area (Å²) in [5.74, 6) is 0. The Balaban J connectivity index is 3.04. The van der Waals surface area contributed by atoms with E-state index >= 15 is 0 Å². The summed E-state index contributed by atoms with van der Waals surface area (Å²) in [5, 5.41) is 0. The van der Waals surface area contributed by atoms with Crippen molar-refractivity contribution in [3.05, 3.63) is 29.3 Å². The van der Waals surface area contributed by atoms with E-state index in [0.717, 1.165) is 11.3 Å². The van der Waals surface area contributed by atoms with Crippen molar-refractivity contribution in [2.45, 2.75) is 25.2 Å². The number of hydrogen-bond acceptors (Lipinski definition) is 0. The van der Waals surface area contributed by atoms with Crippen LogP contribution in [0.5, 0.6) is 0 Å². The van der Waals surface area contributed by atoms with Gasteiger partial charge in [0.2, 0.25) is 0 Å². The van der Waals surface area contributed by atoms with Crippen LogP contribution >= 0.6 is 12.6 Å². The van der Waals surface area contributed by atoms with Crippen LogP contribution in [-0.2, 0) is 6.42 Å². The first-order valence-corrected chi connectivity index (χ1v) is 3.91. The Labute approximate surface area is 67.7 Å². The average molecular weight is 151 g/mol. The highest BCUT2D eigenvalue weighted by Crippen LogP contribution is 2.14. The molecule has 0 aliphatic carbocycles. The first kappa shape index (κ1) is 7.55. The van der Waals surface area contributed by atoms with Gasteiger partial charge >= 0.3 is 0 Å². The number of aryl methyl sites for hydroxylation is 2. The van der Waals surface area contributed by atoms with Crippen molar-refractivity contribution in [3.8, 4) is 0 Å². The fourth-order valence-corrected chi connectivity index (χ4v) is 1.06. The van der Waals surface area contributed by atoms with Gasteiger partial charge in [-0.25, -0.2) is 0 Å². The molecule has 0 saturated carbocycles. The third-order valence-electron chi connectivity index (χ3n) is 1.65. The van der Waals surface area contributed by atoms with Crippen LogP contribution in [0.4, 0.5) is 0 Å². The molecular weight excluding hydrogens is 140 g/mol. The summed E-state index contributed by atoms with van der Waals surface area (Å²) < 4.78 is 0. The van der Waals surface area contributed by atoms with E-state index in [4.69, 9.17) is 12.6 Å². The normalized spacial score (nSPS) is 9.80. The molecule has 0 nitrogen and oxygen atoms in total. The van der Waals surface area contributed by atoms with Crippen LogP contribution in [-0.4, -0.2) is 0 Å². The minimum Gasteiger partial charge on any atom is -0.0798 e. The fourth-order valence-electron chi connectivity index (χ4n) is 0.931. The largest absolute Gasteiger partial charge is 0.0798 e. The summed E-state index contributed by atoms with van der Waals surface area (Å²) in [6, 6.07) is 6.25. The molecule has 0 fully saturated rings. The van der Waals surface area contributed by atoms with Gasteiger partial charge in [-0.3, -0.25) is 0 Å². The maximum absolute atomic E-state index is 5.06. The SMILES string of the molecule is CCc1ccc([S])c(C)c1. The Morgan fingerprint density at radius 2 is 2.10 bits per heavy atom. The van der Waals surface area contributed by atoms with E-state index in [1.807, 2.05) is 6.07 Å². The van der Waals surface area contributed by atoms with Gasteiger partial charge in [-0.05, 0) is 30.5 Å². The van der Waals surface area contributed by atoms with Gasteiger partial charge in [-0.2, -0.15) is 0 Å². The summed E-state index contributed by atoms with van der Waals surface area (Å²) in [7, 11) is 0. The van der Waals surface area contributed by atoms with E-state index < -0.39 is 0 Å². The quantitative estimate of drug-likeness (QED) is 0.578. The van der Waals surface area contributed by atoms with Crippen LogP contribution in [0.1, 0.15) is 18.1 Å². The molecule has 0 saturated heterocycles. The lowest BCUT2D eigenvalue weighted by atomic mass is 10.1. The van der Waals surface area contributed by atoms with Crippen LogP contribution in [0.3, 0.4) is 0 Å². The first-order chi connectivity index (χ1) is 4.74. The molecule has 0 aliphatic heterocycles. The molecule has 0 aliphatic rings. The van der Waals surface area contributed by atoms with Crippen LogP contribution in [0, 0.1) is 6.92 Å². The molecule has 1 heteroatoms. The third-order valence-corrected chi connectivity index (χ3v) is 2.11. The summed E-state index contributed by atoms with van der Waals surface area (Å²) in [6.45, 7) is 4.21. The highest BCUT2D eigenvalue weighted by molar-refractivity contribution is 7.80. The van der Waals surface area contributed by atoms with Crippen molar-refractivity contribution in [2.24, 2.45) is 0 Å². The van der Waals surface area contributed by atoms with Gasteiger partial charge in [0.05, 0.1) is 0 Å². The van der Waals surface area contributed by atoms with Gasteiger partial charge in [0.1, 0.15) is 0 Å². The van der Waals surface area contributed by atoms with E-state index in [0.29, 0.717) is 0 Å². The Hall–Kier alpha value is -0.560. The predicted octanol–water partition coefficient (Wildman–Crippen LogP) is 3.11. The Kier molecular flexibility index (Phi) is 2.28. The zero-order chi connectivity index (χ0) is 7.56. The number of benzene rings is 1. The molecule has 0 unspecified atom stereocenters. The summed E-state index contributed by atoms with van der Waals surface area (Å²) >= 11 is 5.06. The molecule has 0 heterocycles. The minimum absolute atomic E-state index is 0.970. The lowest BCUT2D eigenvalue weighted by Gasteiger charge is -1.99. The summed E-state index contributed by atoms with van der Waals surface area (Å²) in [6.07, 6.45) is 1.09. The summed E-state index contributed by atoms with van der Waals surface area (Å²) in [4.78, 5) is 0.970. The molecule has 10 heavy (non-hydrogen) atoms. The zero-order valence-corrected chi connectivity index (χ0v) is 7.16. The maximum Gasteiger partial charge on any atom is 0.0406 e. The van der Waals surface area contributed by atoms with Gasteiger partial charge in [0.15, 0.2) is 0 Å². The van der Waals surface area contributed by atoms with Crippen molar-refractivity contribution in [1.29, 1.82) is 0 Å². The number of rotatable bonds is 1. The number of hydrogen-bond donors (Lipinski definition) is 0. The van der Waals surface area contributed by atoms with Gasteiger partial charge < -0.3 is 0 Å². The van der Waals surface area contributed by atoms with Crippen molar-refractivity contribution >= 4 is 12.6 Å². The molecule has 1 aromatic rings. The van der Waals surface area contributed by atoms with E-state index in [2.05, 4.69) is 26.0 Å². The van der Waals surface area contributed by atoms with Crippen molar-refractivity contribution in [3.63, 3.8) is 0 Å². The van der Waals surface area contributed by atoms with E-state index in [9.17, 15) is 0 Å². The second-order valence-corrected chi connectivity index (χ2v) is 2.89. The predicted molar refractivity (Wildman–Crippen MR) is 46.4 cm³/mol. The molecular formula is C9H11S. The smallest absolute Gasteiger partial charge is 0.0406 e. The molecule has 1 radical (unpaired) electrons. The Morgan fingerprint density at radius 3 is 2.60 bits per heavy atom. The lowest BCUT2D eigenvalue weighted by molar-refractivity contribution is 1.11. The second-order valence-electron chi connectivity index (χ2n) is 2.45. The van der Waals surface area contributed by atoms with Crippen LogP contribution in [0.25, 0.3) is 0 Å². The molecule has 0 spiro atoms. The second kappa shape index (κ2) is 3.02. The molecule has 1 rings (SSSR count). The van der Waals surface area contributed by atoms with Gasteiger partial charge in [0, 0.05) is 4.90 Å². The molecule has 0 bridgehead atoms. The molecule has 0 amide bonds. The minimum atomic E-state index is 0.970. The maximum atomic E-state index is 5.06. The fraction of sp³-hybridized carbons (Fsp3) is 0.333. The molecule has 1 aromatic carbocycles. The molecule has 0 atom stereocenters. The van der Waals surface area contributed by atoms with Gasteiger partial charge in [-0.15, -0.1) is 0 Å². The van der Waals surface area contributed by atoms with Crippen molar-refractivity contribution < 1.29 is 0 Å². The van der Waals surface area contributed by atoms with Gasteiger partial charge in [0.25, 0.3) is 0 Å². The lowest BCUT2D eigenvalue weighted by Crippen LogP contribution is -1.82. The zero-order valence-electron chi connectivity index (χ0n) is 6.35. The standard InChI is InChI=1S/C9H11S/c1-3-8-4-5-9(10)7(2)6-8/h4-6H,3H2,1-2H3.